The first kappa shape index (κ1) is 47.0. The fourth-order valence-electron chi connectivity index (χ4n) is 9.13. The molecule has 12 rings (SSSR count). The molecule has 2 N–H and O–H groups in total. The summed E-state index contributed by atoms with van der Waals surface area (Å²) in [7, 11) is 0. The first-order chi connectivity index (χ1) is 35.2. The van der Waals surface area contributed by atoms with Gasteiger partial charge in [-0.05, 0) is 85.5 Å². The zero-order valence-corrected chi connectivity index (χ0v) is 42.0. The Bertz CT molecular complexity index is 3590. The van der Waals surface area contributed by atoms with Gasteiger partial charge in [-0.2, -0.15) is 0 Å². The highest BCUT2D eigenvalue weighted by molar-refractivity contribution is 7.20. The molecule has 0 bridgehead atoms. The molecule has 0 spiro atoms. The molecule has 2 aliphatic rings. The van der Waals surface area contributed by atoms with Crippen LogP contribution < -0.4 is 10.6 Å². The predicted octanol–water partition coefficient (Wildman–Crippen LogP) is 14.5. The van der Waals surface area contributed by atoms with Gasteiger partial charge in [0.05, 0.1) is 49.2 Å². The number of anilines is 4. The first-order valence-electron chi connectivity index (χ1n) is 23.2. The topological polar surface area (TPSA) is 135 Å². The van der Waals surface area contributed by atoms with E-state index in [1.165, 1.54) is 22.7 Å². The molecule has 3 atom stereocenters. The molecule has 0 radical (unpaired) electrons. The van der Waals surface area contributed by atoms with Gasteiger partial charge in [-0.1, -0.05) is 66.7 Å². The highest BCUT2D eigenvalue weighted by Gasteiger charge is 2.37. The third kappa shape index (κ3) is 9.45. The summed E-state index contributed by atoms with van der Waals surface area (Å²) in [6, 6.07) is 34.3. The molecule has 4 aromatic carbocycles. The summed E-state index contributed by atoms with van der Waals surface area (Å²) in [5.41, 5.74) is 9.32. The minimum atomic E-state index is -0.369. The van der Waals surface area contributed by atoms with Crippen LogP contribution in [-0.4, -0.2) is 67.1 Å². The van der Waals surface area contributed by atoms with Gasteiger partial charge < -0.3 is 25.0 Å². The van der Waals surface area contributed by atoms with Gasteiger partial charge in [-0.15, -0.1) is 45.3 Å². The fourth-order valence-corrected chi connectivity index (χ4v) is 12.9. The molecule has 2 amide bonds. The molecule has 1 saturated heterocycles. The number of amides is 2. The fraction of sp³-hybridized carbons (Fsp3) is 0.185. The average Bonchev–Trinajstić information content (AvgIpc) is 4.28. The van der Waals surface area contributed by atoms with Crippen molar-refractivity contribution in [3.05, 3.63) is 171 Å². The first-order valence-corrected chi connectivity index (χ1v) is 26.6. The maximum absolute atomic E-state index is 15.0. The number of thiazole rings is 2. The Morgan fingerprint density at radius 1 is 0.653 bits per heavy atom. The zero-order chi connectivity index (χ0) is 49.3. The maximum atomic E-state index is 15.0. The largest absolute Gasteiger partial charge is 0.445 e. The standard InChI is InChI=1S/C27H23FN4O2S2.C27H21FN4O2S2/c2*1-16-18(10-12-32(16)27(33)34-14-17-5-3-2-4-6-17)23-13-19-20(9-11-29-26(19)36-23)31-21-7-8-22-25(24(21)28)30-15-35-22/h2-9,11,13,15-16,18H,10,12,14H2,1H3,(H,29,31);2-11,13,15-16H,12,14H2,1H3,(H,29,31). The Labute approximate surface area is 428 Å². The van der Waals surface area contributed by atoms with E-state index in [0.717, 1.165) is 74.1 Å². The molecule has 2 aliphatic heterocycles. The lowest BCUT2D eigenvalue weighted by molar-refractivity contribution is 0.0932. The molecule has 362 valence electrons. The van der Waals surface area contributed by atoms with Crippen molar-refractivity contribution >= 4 is 127 Å². The number of hydrogen-bond donors (Lipinski definition) is 2. The van der Waals surface area contributed by atoms with E-state index in [0.29, 0.717) is 35.5 Å². The van der Waals surface area contributed by atoms with Crippen molar-refractivity contribution in [3.8, 4) is 0 Å². The van der Waals surface area contributed by atoms with Gasteiger partial charge in [0, 0.05) is 58.0 Å². The van der Waals surface area contributed by atoms with E-state index in [9.17, 15) is 18.4 Å². The smallest absolute Gasteiger partial charge is 0.410 e. The second-order valence-electron chi connectivity index (χ2n) is 17.3. The molecule has 72 heavy (non-hydrogen) atoms. The maximum Gasteiger partial charge on any atom is 0.410 e. The van der Waals surface area contributed by atoms with Crippen LogP contribution in [0.1, 0.15) is 47.1 Å². The molecule has 1 fully saturated rings. The van der Waals surface area contributed by atoms with E-state index in [1.807, 2.05) is 96.8 Å². The van der Waals surface area contributed by atoms with Crippen LogP contribution >= 0.6 is 45.3 Å². The van der Waals surface area contributed by atoms with E-state index in [-0.39, 0.29) is 55.0 Å². The predicted molar refractivity (Wildman–Crippen MR) is 286 cm³/mol. The third-order valence-electron chi connectivity index (χ3n) is 13.0. The molecule has 6 aromatic heterocycles. The summed E-state index contributed by atoms with van der Waals surface area (Å²) in [5, 5.41) is 8.30. The van der Waals surface area contributed by atoms with Gasteiger partial charge in [0.1, 0.15) is 33.9 Å². The highest BCUT2D eigenvalue weighted by Crippen LogP contribution is 2.43. The van der Waals surface area contributed by atoms with E-state index in [4.69, 9.17) is 9.47 Å². The van der Waals surface area contributed by atoms with Crippen LogP contribution in [-0.2, 0) is 22.7 Å². The lowest BCUT2D eigenvalue weighted by atomic mass is 9.99. The van der Waals surface area contributed by atoms with Crippen LogP contribution in [0.3, 0.4) is 0 Å². The van der Waals surface area contributed by atoms with Crippen LogP contribution in [0.4, 0.5) is 41.1 Å². The second kappa shape index (κ2) is 20.4. The minimum absolute atomic E-state index is 0.00209. The molecular formula is C54H44F2N8O4S4. The van der Waals surface area contributed by atoms with Gasteiger partial charge in [0.15, 0.2) is 11.6 Å². The molecule has 18 heteroatoms. The SMILES string of the molecule is CC1C(c2cc3c(Nc4ccc5scnc5c4F)ccnc3s2)=CCN1C(=O)OCc1ccccc1.CC1C(c2cc3c(Nc4ccc5scnc5c4F)ccnc3s2)CCN1C(=O)OCc1ccccc1. The van der Waals surface area contributed by atoms with Crippen molar-refractivity contribution in [2.75, 3.05) is 23.7 Å². The summed E-state index contributed by atoms with van der Waals surface area (Å²) in [6.07, 6.45) is 5.73. The van der Waals surface area contributed by atoms with Crippen molar-refractivity contribution in [3.63, 3.8) is 0 Å². The second-order valence-corrected chi connectivity index (χ2v) is 21.2. The number of carbonyl (C=O) groups excluding carboxylic acids is 2. The Morgan fingerprint density at radius 3 is 1.78 bits per heavy atom. The number of fused-ring (bicyclic) bond motifs is 4. The Hall–Kier alpha value is -7.38. The number of ether oxygens (including phenoxy) is 2. The highest BCUT2D eigenvalue weighted by atomic mass is 32.1. The van der Waals surface area contributed by atoms with Crippen molar-refractivity contribution in [1.82, 2.24) is 29.7 Å². The van der Waals surface area contributed by atoms with Gasteiger partial charge in [-0.3, -0.25) is 4.90 Å². The van der Waals surface area contributed by atoms with Gasteiger partial charge in [0.25, 0.3) is 0 Å². The lowest BCUT2D eigenvalue weighted by Gasteiger charge is -2.23. The number of pyridine rings is 2. The van der Waals surface area contributed by atoms with E-state index < -0.39 is 0 Å². The van der Waals surface area contributed by atoms with Crippen molar-refractivity contribution in [1.29, 1.82) is 0 Å². The van der Waals surface area contributed by atoms with Gasteiger partial charge in [-0.25, -0.2) is 38.3 Å². The van der Waals surface area contributed by atoms with E-state index in [1.54, 1.807) is 63.1 Å². The number of aromatic nitrogens is 4. The van der Waals surface area contributed by atoms with Crippen molar-refractivity contribution in [2.24, 2.45) is 0 Å². The van der Waals surface area contributed by atoms with E-state index in [2.05, 4.69) is 55.7 Å². The van der Waals surface area contributed by atoms with Crippen LogP contribution in [0.25, 0.3) is 46.4 Å². The number of nitrogens with one attached hydrogen (secondary N) is 2. The van der Waals surface area contributed by atoms with Crippen molar-refractivity contribution in [2.45, 2.75) is 51.5 Å². The summed E-state index contributed by atoms with van der Waals surface area (Å²) < 4.78 is 42.7. The summed E-state index contributed by atoms with van der Waals surface area (Å²) in [4.78, 5) is 50.3. The third-order valence-corrected chi connectivity index (χ3v) is 16.9. The summed E-state index contributed by atoms with van der Waals surface area (Å²) >= 11 is 6.00. The average molecular weight is 1040 g/mol. The molecule has 3 unspecified atom stereocenters. The number of likely N-dealkylation sites (tertiary alicyclic amines) is 1. The minimum Gasteiger partial charge on any atom is -0.445 e. The number of carbonyl (C=O) groups is 2. The van der Waals surface area contributed by atoms with Gasteiger partial charge >= 0.3 is 12.2 Å². The number of benzene rings is 4. The van der Waals surface area contributed by atoms with Crippen LogP contribution in [0.5, 0.6) is 0 Å². The normalized spacial score (nSPS) is 16.6. The van der Waals surface area contributed by atoms with E-state index >= 15 is 0 Å². The Balaban J connectivity index is 0.000000156. The molecule has 8 heterocycles. The van der Waals surface area contributed by atoms with Crippen molar-refractivity contribution < 1.29 is 27.8 Å². The zero-order valence-electron chi connectivity index (χ0n) is 38.8. The Morgan fingerprint density at radius 2 is 1.19 bits per heavy atom. The molecular weight excluding hydrogens is 991 g/mol. The monoisotopic (exact) mass is 1030 g/mol. The Kier molecular flexibility index (Phi) is 13.3. The quantitative estimate of drug-likeness (QED) is 0.136. The molecule has 0 aliphatic carbocycles. The van der Waals surface area contributed by atoms with Gasteiger partial charge in [0.2, 0.25) is 0 Å². The molecule has 10 aromatic rings. The molecule has 0 saturated carbocycles. The molecule has 12 nitrogen and oxygen atoms in total. The number of hydrogen-bond acceptors (Lipinski definition) is 14. The lowest BCUT2D eigenvalue weighted by Crippen LogP contribution is -2.35. The number of thiophene rings is 2. The number of halogens is 2. The van der Waals surface area contributed by atoms with Crippen LogP contribution in [0, 0.1) is 11.6 Å². The number of rotatable bonds is 10. The van der Waals surface area contributed by atoms with Crippen LogP contribution in [0.15, 0.2) is 139 Å². The summed E-state index contributed by atoms with van der Waals surface area (Å²) in [6.45, 7) is 5.69. The summed E-state index contributed by atoms with van der Waals surface area (Å²) in [5.74, 6) is -0.543. The van der Waals surface area contributed by atoms with Crippen LogP contribution in [0.2, 0.25) is 0 Å². The number of nitrogens with zero attached hydrogens (tertiary/aromatic N) is 6.